The number of nitrogens with zero attached hydrogens (tertiary/aromatic N) is 1. The largest absolute Gasteiger partial charge is 0.330 e. The summed E-state index contributed by atoms with van der Waals surface area (Å²) in [5, 5.41) is 0.187. The molecule has 1 aliphatic heterocycles. The third-order valence-electron chi connectivity index (χ3n) is 4.44. The molecular formula is C18H20ClFN2. The van der Waals surface area contributed by atoms with Gasteiger partial charge >= 0.3 is 0 Å². The van der Waals surface area contributed by atoms with E-state index in [1.54, 1.807) is 12.1 Å². The van der Waals surface area contributed by atoms with Crippen LogP contribution in [0.5, 0.6) is 0 Å². The van der Waals surface area contributed by atoms with Crippen LogP contribution in [0, 0.1) is 11.7 Å². The Bertz CT molecular complexity index is 632. The lowest BCUT2D eigenvalue weighted by atomic mass is 9.89. The third-order valence-corrected chi connectivity index (χ3v) is 4.73. The summed E-state index contributed by atoms with van der Waals surface area (Å²) in [4.78, 5) is 2.37. The first-order chi connectivity index (χ1) is 10.7. The molecule has 0 radical (unpaired) electrons. The molecule has 2 N–H and O–H groups in total. The molecule has 2 aromatic rings. The summed E-state index contributed by atoms with van der Waals surface area (Å²) in [5.41, 5.74) is 8.35. The molecule has 0 unspecified atom stereocenters. The van der Waals surface area contributed by atoms with Crippen LogP contribution >= 0.6 is 11.6 Å². The Kier molecular flexibility index (Phi) is 4.77. The molecule has 0 aromatic heterocycles. The quantitative estimate of drug-likeness (QED) is 0.932. The van der Waals surface area contributed by atoms with E-state index in [9.17, 15) is 4.39 Å². The van der Waals surface area contributed by atoms with E-state index in [1.807, 2.05) is 6.07 Å². The molecule has 4 heteroatoms. The maximum atomic E-state index is 13.3. The van der Waals surface area contributed by atoms with Gasteiger partial charge in [0.1, 0.15) is 5.82 Å². The van der Waals surface area contributed by atoms with Crippen molar-refractivity contribution in [2.75, 3.05) is 19.6 Å². The average molecular weight is 319 g/mol. The summed E-state index contributed by atoms with van der Waals surface area (Å²) in [7, 11) is 0. The highest BCUT2D eigenvalue weighted by Gasteiger charge is 2.32. The number of nitrogens with two attached hydrogens (primary N) is 1. The van der Waals surface area contributed by atoms with Gasteiger partial charge in [-0.25, -0.2) is 4.39 Å². The van der Waals surface area contributed by atoms with Gasteiger partial charge in [-0.3, -0.25) is 4.90 Å². The van der Waals surface area contributed by atoms with Gasteiger partial charge in [-0.15, -0.1) is 0 Å². The number of likely N-dealkylation sites (tertiary alicyclic amines) is 1. The zero-order chi connectivity index (χ0) is 15.5. The van der Waals surface area contributed by atoms with E-state index in [4.69, 9.17) is 17.3 Å². The lowest BCUT2D eigenvalue weighted by Gasteiger charge is -2.17. The van der Waals surface area contributed by atoms with Gasteiger partial charge in [0.05, 0.1) is 5.02 Å². The number of benzene rings is 2. The lowest BCUT2D eigenvalue weighted by Crippen LogP contribution is -2.23. The average Bonchev–Trinajstić information content (AvgIpc) is 2.95. The van der Waals surface area contributed by atoms with Gasteiger partial charge < -0.3 is 5.73 Å². The first-order valence-electron chi connectivity index (χ1n) is 7.58. The van der Waals surface area contributed by atoms with Gasteiger partial charge in [0.2, 0.25) is 0 Å². The van der Waals surface area contributed by atoms with Gasteiger partial charge in [-0.2, -0.15) is 0 Å². The lowest BCUT2D eigenvalue weighted by molar-refractivity contribution is 0.317. The SMILES string of the molecule is NC[C@@H]1CN(Cc2ccc(F)c(Cl)c2)C[C@H]1c1ccccc1. The molecule has 3 rings (SSSR count). The Hall–Kier alpha value is -1.42. The summed E-state index contributed by atoms with van der Waals surface area (Å²) >= 11 is 5.87. The van der Waals surface area contributed by atoms with Crippen LogP contribution in [-0.2, 0) is 6.54 Å². The van der Waals surface area contributed by atoms with Crippen LogP contribution in [0.2, 0.25) is 5.02 Å². The zero-order valence-electron chi connectivity index (χ0n) is 12.4. The maximum Gasteiger partial charge on any atom is 0.141 e. The molecule has 0 aliphatic carbocycles. The Labute approximate surface area is 135 Å². The van der Waals surface area contributed by atoms with Crippen molar-refractivity contribution in [1.82, 2.24) is 4.90 Å². The molecule has 2 nitrogen and oxygen atoms in total. The highest BCUT2D eigenvalue weighted by atomic mass is 35.5. The second-order valence-corrected chi connectivity index (χ2v) is 6.36. The number of halogens is 2. The van der Waals surface area contributed by atoms with Crippen molar-refractivity contribution in [2.45, 2.75) is 12.5 Å². The van der Waals surface area contributed by atoms with E-state index in [1.165, 1.54) is 11.6 Å². The fraction of sp³-hybridized carbons (Fsp3) is 0.333. The Morgan fingerprint density at radius 1 is 1.14 bits per heavy atom. The predicted octanol–water partition coefficient (Wildman–Crippen LogP) is 3.65. The minimum absolute atomic E-state index is 0.187. The molecule has 0 amide bonds. The van der Waals surface area contributed by atoms with Gasteiger partial charge in [0, 0.05) is 25.6 Å². The fourth-order valence-electron chi connectivity index (χ4n) is 3.30. The van der Waals surface area contributed by atoms with Gasteiger partial charge in [0.25, 0.3) is 0 Å². The first kappa shape index (κ1) is 15.5. The predicted molar refractivity (Wildman–Crippen MR) is 88.4 cm³/mol. The monoisotopic (exact) mass is 318 g/mol. The van der Waals surface area contributed by atoms with E-state index in [-0.39, 0.29) is 10.8 Å². The fourth-order valence-corrected chi connectivity index (χ4v) is 3.51. The highest BCUT2D eigenvalue weighted by Crippen LogP contribution is 2.33. The van der Waals surface area contributed by atoms with E-state index >= 15 is 0 Å². The molecule has 116 valence electrons. The van der Waals surface area contributed by atoms with Crippen LogP contribution in [0.15, 0.2) is 48.5 Å². The molecule has 2 atom stereocenters. The van der Waals surface area contributed by atoms with E-state index in [2.05, 4.69) is 29.2 Å². The normalized spacial score (nSPS) is 22.1. The molecular weight excluding hydrogens is 299 g/mol. The topological polar surface area (TPSA) is 29.3 Å². The van der Waals surface area contributed by atoms with E-state index in [0.717, 1.165) is 25.2 Å². The minimum atomic E-state index is -0.367. The second-order valence-electron chi connectivity index (χ2n) is 5.96. The van der Waals surface area contributed by atoms with Crippen LogP contribution in [0.4, 0.5) is 4.39 Å². The molecule has 1 aliphatic rings. The van der Waals surface area contributed by atoms with Crippen molar-refractivity contribution in [3.63, 3.8) is 0 Å². The van der Waals surface area contributed by atoms with Crippen molar-refractivity contribution in [1.29, 1.82) is 0 Å². The summed E-state index contributed by atoms with van der Waals surface area (Å²) < 4.78 is 13.3. The van der Waals surface area contributed by atoms with Crippen molar-refractivity contribution in [3.8, 4) is 0 Å². The van der Waals surface area contributed by atoms with Crippen molar-refractivity contribution in [3.05, 3.63) is 70.5 Å². The maximum absolute atomic E-state index is 13.3. The molecule has 0 spiro atoms. The van der Waals surface area contributed by atoms with E-state index < -0.39 is 0 Å². The third kappa shape index (κ3) is 3.32. The summed E-state index contributed by atoms with van der Waals surface area (Å²) in [6.45, 7) is 3.39. The van der Waals surface area contributed by atoms with Gasteiger partial charge in [-0.05, 0) is 35.7 Å². The van der Waals surface area contributed by atoms with Crippen LogP contribution in [-0.4, -0.2) is 24.5 Å². The van der Waals surface area contributed by atoms with Crippen molar-refractivity contribution in [2.24, 2.45) is 11.7 Å². The second kappa shape index (κ2) is 6.78. The molecule has 2 aromatic carbocycles. The number of hydrogen-bond acceptors (Lipinski definition) is 2. The van der Waals surface area contributed by atoms with Crippen LogP contribution in [0.25, 0.3) is 0 Å². The Morgan fingerprint density at radius 3 is 2.59 bits per heavy atom. The van der Waals surface area contributed by atoms with Gasteiger partial charge in [-0.1, -0.05) is 48.0 Å². The number of hydrogen-bond donors (Lipinski definition) is 1. The molecule has 1 saturated heterocycles. The van der Waals surface area contributed by atoms with Crippen molar-refractivity contribution < 1.29 is 4.39 Å². The summed E-state index contributed by atoms with van der Waals surface area (Å²) in [5.74, 6) is 0.550. The molecule has 0 bridgehead atoms. The van der Waals surface area contributed by atoms with Crippen LogP contribution < -0.4 is 5.73 Å². The molecule has 22 heavy (non-hydrogen) atoms. The standard InChI is InChI=1S/C18H20ClFN2/c19-17-8-13(6-7-18(17)20)10-22-11-15(9-21)16(12-22)14-4-2-1-3-5-14/h1-8,15-16H,9-12,21H2/t15-,16+/m1/s1. The molecule has 0 saturated carbocycles. The first-order valence-corrected chi connectivity index (χ1v) is 7.96. The van der Waals surface area contributed by atoms with Gasteiger partial charge in [0.15, 0.2) is 0 Å². The summed E-state index contributed by atoms with van der Waals surface area (Å²) in [6.07, 6.45) is 0. The number of rotatable bonds is 4. The van der Waals surface area contributed by atoms with Crippen LogP contribution in [0.1, 0.15) is 17.0 Å². The molecule has 1 fully saturated rings. The smallest absolute Gasteiger partial charge is 0.141 e. The zero-order valence-corrected chi connectivity index (χ0v) is 13.1. The highest BCUT2D eigenvalue weighted by molar-refractivity contribution is 6.30. The molecule has 1 heterocycles. The van der Waals surface area contributed by atoms with E-state index in [0.29, 0.717) is 18.4 Å². The van der Waals surface area contributed by atoms with Crippen LogP contribution in [0.3, 0.4) is 0 Å². The summed E-state index contributed by atoms with van der Waals surface area (Å²) in [6, 6.07) is 15.5. The minimum Gasteiger partial charge on any atom is -0.330 e. The Balaban J connectivity index is 1.72. The van der Waals surface area contributed by atoms with Crippen molar-refractivity contribution >= 4 is 11.6 Å². The Morgan fingerprint density at radius 2 is 1.91 bits per heavy atom.